The van der Waals surface area contributed by atoms with E-state index in [1.807, 2.05) is 32.0 Å². The Labute approximate surface area is 113 Å². The average Bonchev–Trinajstić information content (AvgIpc) is 2.43. The van der Waals surface area contributed by atoms with Gasteiger partial charge >= 0.3 is 0 Å². The van der Waals surface area contributed by atoms with Gasteiger partial charge in [0, 0.05) is 24.0 Å². The van der Waals surface area contributed by atoms with E-state index in [1.165, 1.54) is 5.56 Å². The van der Waals surface area contributed by atoms with Gasteiger partial charge in [-0.3, -0.25) is 9.78 Å². The molecule has 0 aliphatic carbocycles. The number of nitrogens with one attached hydrogen (secondary N) is 1. The maximum atomic E-state index is 12.1. The summed E-state index contributed by atoms with van der Waals surface area (Å²) in [5, 5.41) is 2.95. The van der Waals surface area contributed by atoms with Crippen LogP contribution in [0.2, 0.25) is 0 Å². The molecule has 0 atom stereocenters. The summed E-state index contributed by atoms with van der Waals surface area (Å²) in [6.45, 7) is 4.48. The lowest BCUT2D eigenvalue weighted by Crippen LogP contribution is -2.26. The molecule has 98 valence electrons. The number of nitrogens with zero attached hydrogens (tertiary/aromatic N) is 1. The van der Waals surface area contributed by atoms with Gasteiger partial charge in [-0.2, -0.15) is 0 Å². The first-order chi connectivity index (χ1) is 9.18. The van der Waals surface area contributed by atoms with Crippen molar-refractivity contribution < 1.29 is 4.79 Å². The standard InChI is InChI=1S/C16H18N2O/c1-12-13(2)17-11-9-15(12)16(19)18-10-8-14-6-4-3-5-7-14/h3-7,9,11H,8,10H2,1-2H3,(H,18,19). The minimum atomic E-state index is -0.0288. The van der Waals surface area contributed by atoms with Crippen molar-refractivity contribution in [2.45, 2.75) is 20.3 Å². The van der Waals surface area contributed by atoms with E-state index in [-0.39, 0.29) is 5.91 Å². The van der Waals surface area contributed by atoms with E-state index in [2.05, 4.69) is 22.4 Å². The molecule has 2 rings (SSSR count). The van der Waals surface area contributed by atoms with Gasteiger partial charge < -0.3 is 5.32 Å². The first kappa shape index (κ1) is 13.3. The Bertz CT molecular complexity index is 564. The van der Waals surface area contributed by atoms with Crippen LogP contribution in [0.4, 0.5) is 0 Å². The first-order valence-corrected chi connectivity index (χ1v) is 6.43. The predicted molar refractivity (Wildman–Crippen MR) is 76.2 cm³/mol. The summed E-state index contributed by atoms with van der Waals surface area (Å²) >= 11 is 0. The minimum Gasteiger partial charge on any atom is -0.352 e. The molecule has 19 heavy (non-hydrogen) atoms. The van der Waals surface area contributed by atoms with Crippen molar-refractivity contribution >= 4 is 5.91 Å². The minimum absolute atomic E-state index is 0.0288. The van der Waals surface area contributed by atoms with Crippen molar-refractivity contribution in [2.24, 2.45) is 0 Å². The average molecular weight is 254 g/mol. The molecular weight excluding hydrogens is 236 g/mol. The van der Waals surface area contributed by atoms with E-state index in [0.29, 0.717) is 12.1 Å². The number of hydrogen-bond acceptors (Lipinski definition) is 2. The Morgan fingerprint density at radius 3 is 2.63 bits per heavy atom. The highest BCUT2D eigenvalue weighted by molar-refractivity contribution is 5.95. The molecule has 3 nitrogen and oxygen atoms in total. The van der Waals surface area contributed by atoms with E-state index < -0.39 is 0 Å². The predicted octanol–water partition coefficient (Wildman–Crippen LogP) is 2.67. The number of rotatable bonds is 4. The van der Waals surface area contributed by atoms with Gasteiger partial charge in [-0.15, -0.1) is 0 Å². The lowest BCUT2D eigenvalue weighted by Gasteiger charge is -2.09. The molecule has 1 aromatic carbocycles. The number of carbonyl (C=O) groups excluding carboxylic acids is 1. The molecule has 0 saturated heterocycles. The van der Waals surface area contributed by atoms with Crippen LogP contribution in [0.5, 0.6) is 0 Å². The summed E-state index contributed by atoms with van der Waals surface area (Å²) in [6.07, 6.45) is 2.52. The van der Waals surface area contributed by atoms with Crippen molar-refractivity contribution in [3.63, 3.8) is 0 Å². The van der Waals surface area contributed by atoms with Gasteiger partial charge in [0.2, 0.25) is 0 Å². The van der Waals surface area contributed by atoms with Crippen LogP contribution in [-0.4, -0.2) is 17.4 Å². The number of hydrogen-bond donors (Lipinski definition) is 1. The molecule has 1 aromatic heterocycles. The highest BCUT2D eigenvalue weighted by atomic mass is 16.1. The quantitative estimate of drug-likeness (QED) is 0.911. The van der Waals surface area contributed by atoms with E-state index in [1.54, 1.807) is 12.3 Å². The Morgan fingerprint density at radius 1 is 1.16 bits per heavy atom. The normalized spacial score (nSPS) is 10.2. The number of aryl methyl sites for hydroxylation is 1. The molecule has 0 radical (unpaired) electrons. The van der Waals surface area contributed by atoms with Crippen molar-refractivity contribution in [2.75, 3.05) is 6.54 Å². The monoisotopic (exact) mass is 254 g/mol. The van der Waals surface area contributed by atoms with Crippen molar-refractivity contribution in [3.05, 3.63) is 65.0 Å². The van der Waals surface area contributed by atoms with E-state index in [4.69, 9.17) is 0 Å². The molecule has 0 spiro atoms. The zero-order valence-corrected chi connectivity index (χ0v) is 11.3. The van der Waals surface area contributed by atoms with Gasteiger partial charge in [0.1, 0.15) is 0 Å². The van der Waals surface area contributed by atoms with Crippen LogP contribution in [0.15, 0.2) is 42.6 Å². The smallest absolute Gasteiger partial charge is 0.251 e. The maximum Gasteiger partial charge on any atom is 0.251 e. The molecule has 2 aromatic rings. The number of carbonyl (C=O) groups is 1. The van der Waals surface area contributed by atoms with E-state index >= 15 is 0 Å². The third-order valence-electron chi connectivity index (χ3n) is 3.24. The summed E-state index contributed by atoms with van der Waals surface area (Å²) in [4.78, 5) is 16.2. The second kappa shape index (κ2) is 6.14. The topological polar surface area (TPSA) is 42.0 Å². The molecule has 0 bridgehead atoms. The van der Waals surface area contributed by atoms with Crippen LogP contribution in [0, 0.1) is 13.8 Å². The van der Waals surface area contributed by atoms with Gasteiger partial charge in [0.25, 0.3) is 5.91 Å². The Kier molecular flexibility index (Phi) is 4.29. The van der Waals surface area contributed by atoms with Gasteiger partial charge in [0.05, 0.1) is 0 Å². The molecule has 0 aliphatic heterocycles. The van der Waals surface area contributed by atoms with E-state index in [9.17, 15) is 4.79 Å². The Morgan fingerprint density at radius 2 is 1.89 bits per heavy atom. The summed E-state index contributed by atoms with van der Waals surface area (Å²) in [5.41, 5.74) is 3.78. The summed E-state index contributed by atoms with van der Waals surface area (Å²) in [5.74, 6) is -0.0288. The van der Waals surface area contributed by atoms with E-state index in [0.717, 1.165) is 17.7 Å². The second-order valence-corrected chi connectivity index (χ2v) is 4.56. The van der Waals surface area contributed by atoms with Gasteiger partial charge in [0.15, 0.2) is 0 Å². The number of pyridine rings is 1. The van der Waals surface area contributed by atoms with Crippen molar-refractivity contribution in [1.29, 1.82) is 0 Å². The largest absolute Gasteiger partial charge is 0.352 e. The molecule has 0 fully saturated rings. The van der Waals surface area contributed by atoms with Crippen LogP contribution in [0.25, 0.3) is 0 Å². The van der Waals surface area contributed by atoms with Crippen LogP contribution in [-0.2, 0) is 6.42 Å². The second-order valence-electron chi connectivity index (χ2n) is 4.56. The number of amides is 1. The molecule has 0 saturated carbocycles. The molecule has 0 unspecified atom stereocenters. The SMILES string of the molecule is Cc1nccc(C(=O)NCCc2ccccc2)c1C. The fraction of sp³-hybridized carbons (Fsp3) is 0.250. The van der Waals surface area contributed by atoms with Crippen LogP contribution in [0.1, 0.15) is 27.2 Å². The van der Waals surface area contributed by atoms with Crippen LogP contribution in [0.3, 0.4) is 0 Å². The number of benzene rings is 1. The maximum absolute atomic E-state index is 12.1. The summed E-state index contributed by atoms with van der Waals surface area (Å²) in [7, 11) is 0. The highest BCUT2D eigenvalue weighted by Crippen LogP contribution is 2.09. The lowest BCUT2D eigenvalue weighted by atomic mass is 10.1. The van der Waals surface area contributed by atoms with Crippen LogP contribution >= 0.6 is 0 Å². The van der Waals surface area contributed by atoms with Crippen molar-refractivity contribution in [1.82, 2.24) is 10.3 Å². The van der Waals surface area contributed by atoms with Crippen LogP contribution < -0.4 is 5.32 Å². The third-order valence-corrected chi connectivity index (χ3v) is 3.24. The number of aromatic nitrogens is 1. The molecule has 1 N–H and O–H groups in total. The molecule has 1 heterocycles. The fourth-order valence-electron chi connectivity index (χ4n) is 1.95. The zero-order valence-electron chi connectivity index (χ0n) is 11.3. The summed E-state index contributed by atoms with van der Waals surface area (Å²) in [6, 6.07) is 11.9. The van der Waals surface area contributed by atoms with Gasteiger partial charge in [-0.05, 0) is 37.5 Å². The highest BCUT2D eigenvalue weighted by Gasteiger charge is 2.09. The molecule has 1 amide bonds. The molecular formula is C16H18N2O. The fourth-order valence-corrected chi connectivity index (χ4v) is 1.95. The van der Waals surface area contributed by atoms with Gasteiger partial charge in [-0.1, -0.05) is 30.3 Å². The van der Waals surface area contributed by atoms with Gasteiger partial charge in [-0.25, -0.2) is 0 Å². The zero-order chi connectivity index (χ0) is 13.7. The molecule has 3 heteroatoms. The lowest BCUT2D eigenvalue weighted by molar-refractivity contribution is 0.0953. The summed E-state index contributed by atoms with van der Waals surface area (Å²) < 4.78 is 0. The third kappa shape index (κ3) is 3.41. The Hall–Kier alpha value is -2.16. The Balaban J connectivity index is 1.93. The first-order valence-electron chi connectivity index (χ1n) is 6.43. The van der Waals surface area contributed by atoms with Crippen molar-refractivity contribution in [3.8, 4) is 0 Å². The molecule has 0 aliphatic rings.